The lowest BCUT2D eigenvalue weighted by Gasteiger charge is -2.09. The van der Waals surface area contributed by atoms with Gasteiger partial charge in [0.15, 0.2) is 6.61 Å². The molecule has 0 bridgehead atoms. The van der Waals surface area contributed by atoms with Crippen LogP contribution in [0.15, 0.2) is 57.7 Å². The zero-order valence-electron chi connectivity index (χ0n) is 15.3. The minimum absolute atomic E-state index is 0.133. The van der Waals surface area contributed by atoms with Crippen LogP contribution in [0.5, 0.6) is 11.5 Å². The van der Waals surface area contributed by atoms with Crippen molar-refractivity contribution in [2.75, 3.05) is 19.8 Å². The fourth-order valence-corrected chi connectivity index (χ4v) is 2.59. The van der Waals surface area contributed by atoms with Crippen LogP contribution in [0.1, 0.15) is 11.1 Å². The number of benzene rings is 2. The summed E-state index contributed by atoms with van der Waals surface area (Å²) in [5, 5.41) is 3.56. The van der Waals surface area contributed by atoms with Gasteiger partial charge in [-0.1, -0.05) is 17.7 Å². The van der Waals surface area contributed by atoms with Crippen LogP contribution in [-0.2, 0) is 4.79 Å². The summed E-state index contributed by atoms with van der Waals surface area (Å²) in [6, 6.07) is 14.3. The molecule has 0 aliphatic heterocycles. The van der Waals surface area contributed by atoms with Crippen molar-refractivity contribution in [1.82, 2.24) is 5.32 Å². The highest BCUT2D eigenvalue weighted by Crippen LogP contribution is 2.22. The molecule has 0 radical (unpaired) electrons. The van der Waals surface area contributed by atoms with Gasteiger partial charge in [-0.05, 0) is 43.7 Å². The van der Waals surface area contributed by atoms with Gasteiger partial charge in [-0.25, -0.2) is 4.79 Å². The zero-order chi connectivity index (χ0) is 19.2. The van der Waals surface area contributed by atoms with Crippen LogP contribution in [0, 0.1) is 13.8 Å². The maximum atomic E-state index is 11.9. The van der Waals surface area contributed by atoms with Crippen molar-refractivity contribution < 1.29 is 18.7 Å². The van der Waals surface area contributed by atoms with Crippen LogP contribution in [0.4, 0.5) is 0 Å². The van der Waals surface area contributed by atoms with Crippen LogP contribution < -0.4 is 20.4 Å². The van der Waals surface area contributed by atoms with Gasteiger partial charge >= 0.3 is 5.63 Å². The van der Waals surface area contributed by atoms with Crippen molar-refractivity contribution in [2.24, 2.45) is 0 Å². The highest BCUT2D eigenvalue weighted by Gasteiger charge is 2.06. The molecule has 0 fully saturated rings. The number of carbonyl (C=O) groups is 1. The van der Waals surface area contributed by atoms with Crippen molar-refractivity contribution in [3.63, 3.8) is 0 Å². The quantitative estimate of drug-likeness (QED) is 0.513. The molecule has 0 unspecified atom stereocenters. The van der Waals surface area contributed by atoms with Crippen molar-refractivity contribution >= 4 is 16.9 Å². The molecule has 0 saturated carbocycles. The van der Waals surface area contributed by atoms with E-state index >= 15 is 0 Å². The first kappa shape index (κ1) is 18.5. The molecule has 1 N–H and O–H groups in total. The molecule has 0 spiro atoms. The summed E-state index contributed by atoms with van der Waals surface area (Å²) in [6.07, 6.45) is 0. The Kier molecular flexibility index (Phi) is 5.76. The fourth-order valence-electron chi connectivity index (χ4n) is 2.59. The molecule has 3 aromatic rings. The third kappa shape index (κ3) is 5.10. The van der Waals surface area contributed by atoms with Crippen LogP contribution in [0.3, 0.4) is 0 Å². The summed E-state index contributed by atoms with van der Waals surface area (Å²) in [6.45, 7) is 4.46. The van der Waals surface area contributed by atoms with E-state index in [1.165, 1.54) is 6.07 Å². The van der Waals surface area contributed by atoms with E-state index < -0.39 is 5.63 Å². The van der Waals surface area contributed by atoms with Crippen molar-refractivity contribution in [3.05, 3.63) is 70.1 Å². The summed E-state index contributed by atoms with van der Waals surface area (Å²) in [5.74, 6) is 0.967. The van der Waals surface area contributed by atoms with E-state index in [1.807, 2.05) is 38.1 Å². The van der Waals surface area contributed by atoms with Crippen LogP contribution in [-0.4, -0.2) is 25.7 Å². The number of fused-ring (bicyclic) bond motifs is 1. The third-order valence-corrected chi connectivity index (χ3v) is 4.01. The van der Waals surface area contributed by atoms with Gasteiger partial charge in [0.1, 0.15) is 23.7 Å². The van der Waals surface area contributed by atoms with E-state index in [0.717, 1.165) is 22.3 Å². The van der Waals surface area contributed by atoms with E-state index in [2.05, 4.69) is 5.32 Å². The minimum atomic E-state index is -0.413. The SMILES string of the molecule is Cc1ccc(OCCNC(=O)COc2ccc3c(C)cc(=O)oc3c2)cc1. The van der Waals surface area contributed by atoms with Crippen LogP contribution >= 0.6 is 0 Å². The molecule has 1 aromatic heterocycles. The Balaban J connectivity index is 1.45. The number of rotatable bonds is 7. The molecule has 3 rings (SSSR count). The van der Waals surface area contributed by atoms with Gasteiger partial charge in [-0.3, -0.25) is 4.79 Å². The predicted molar refractivity (Wildman–Crippen MR) is 102 cm³/mol. The van der Waals surface area contributed by atoms with E-state index in [1.54, 1.807) is 18.2 Å². The van der Waals surface area contributed by atoms with Gasteiger partial charge in [0.2, 0.25) is 0 Å². The summed E-state index contributed by atoms with van der Waals surface area (Å²) < 4.78 is 16.2. The largest absolute Gasteiger partial charge is 0.492 e. The molecule has 0 aliphatic rings. The van der Waals surface area contributed by atoms with E-state index in [0.29, 0.717) is 24.5 Å². The summed E-state index contributed by atoms with van der Waals surface area (Å²) in [4.78, 5) is 23.3. The average molecular weight is 367 g/mol. The number of hydrogen-bond acceptors (Lipinski definition) is 5. The van der Waals surface area contributed by atoms with E-state index in [-0.39, 0.29) is 12.5 Å². The molecule has 27 heavy (non-hydrogen) atoms. The van der Waals surface area contributed by atoms with Crippen molar-refractivity contribution in [2.45, 2.75) is 13.8 Å². The standard InChI is InChI=1S/C21H21NO5/c1-14-3-5-16(6-4-14)25-10-9-22-20(23)13-26-17-7-8-18-15(2)11-21(24)27-19(18)12-17/h3-8,11-12H,9-10,13H2,1-2H3,(H,22,23). The van der Waals surface area contributed by atoms with Gasteiger partial charge in [0.05, 0.1) is 6.54 Å². The van der Waals surface area contributed by atoms with Gasteiger partial charge < -0.3 is 19.2 Å². The Hall–Kier alpha value is -3.28. The molecule has 0 atom stereocenters. The molecular formula is C21H21NO5. The first-order chi connectivity index (χ1) is 13.0. The number of carbonyl (C=O) groups excluding carboxylic acids is 1. The molecule has 0 aliphatic carbocycles. The second kappa shape index (κ2) is 8.40. The fraction of sp³-hybridized carbons (Fsp3) is 0.238. The van der Waals surface area contributed by atoms with E-state index in [4.69, 9.17) is 13.9 Å². The Morgan fingerprint density at radius 1 is 1.00 bits per heavy atom. The van der Waals surface area contributed by atoms with Gasteiger partial charge in [0.25, 0.3) is 5.91 Å². The summed E-state index contributed by atoms with van der Waals surface area (Å²) >= 11 is 0. The smallest absolute Gasteiger partial charge is 0.336 e. The molecule has 2 aromatic carbocycles. The second-order valence-electron chi connectivity index (χ2n) is 6.21. The molecule has 1 amide bonds. The maximum Gasteiger partial charge on any atom is 0.336 e. The van der Waals surface area contributed by atoms with E-state index in [9.17, 15) is 9.59 Å². The summed E-state index contributed by atoms with van der Waals surface area (Å²) in [5.41, 5.74) is 2.02. The monoisotopic (exact) mass is 367 g/mol. The number of aryl methyl sites for hydroxylation is 2. The van der Waals surface area contributed by atoms with Crippen LogP contribution in [0.25, 0.3) is 11.0 Å². The lowest BCUT2D eigenvalue weighted by molar-refractivity contribution is -0.123. The Labute approximate surface area is 156 Å². The third-order valence-electron chi connectivity index (χ3n) is 4.01. The van der Waals surface area contributed by atoms with Crippen LogP contribution in [0.2, 0.25) is 0 Å². The highest BCUT2D eigenvalue weighted by molar-refractivity contribution is 5.81. The number of nitrogens with one attached hydrogen (secondary N) is 1. The molecule has 6 heteroatoms. The Bertz CT molecular complexity index is 992. The zero-order valence-corrected chi connectivity index (χ0v) is 15.3. The Morgan fingerprint density at radius 3 is 2.52 bits per heavy atom. The molecular weight excluding hydrogens is 346 g/mol. The lowest BCUT2D eigenvalue weighted by Crippen LogP contribution is -2.32. The molecule has 0 saturated heterocycles. The molecule has 1 heterocycles. The Morgan fingerprint density at radius 2 is 1.74 bits per heavy atom. The highest BCUT2D eigenvalue weighted by atomic mass is 16.5. The first-order valence-electron chi connectivity index (χ1n) is 8.65. The summed E-state index contributed by atoms with van der Waals surface area (Å²) in [7, 11) is 0. The number of amides is 1. The second-order valence-corrected chi connectivity index (χ2v) is 6.21. The van der Waals surface area contributed by atoms with Gasteiger partial charge in [0, 0.05) is 17.5 Å². The number of hydrogen-bond donors (Lipinski definition) is 1. The first-order valence-corrected chi connectivity index (χ1v) is 8.65. The number of ether oxygens (including phenoxy) is 2. The molecule has 140 valence electrons. The maximum absolute atomic E-state index is 11.9. The van der Waals surface area contributed by atoms with Gasteiger partial charge in [-0.2, -0.15) is 0 Å². The lowest BCUT2D eigenvalue weighted by atomic mass is 10.1. The molecule has 6 nitrogen and oxygen atoms in total. The normalized spacial score (nSPS) is 10.6. The van der Waals surface area contributed by atoms with Gasteiger partial charge in [-0.15, -0.1) is 0 Å². The predicted octanol–water partition coefficient (Wildman–Crippen LogP) is 2.98. The minimum Gasteiger partial charge on any atom is -0.492 e. The average Bonchev–Trinajstić information content (AvgIpc) is 2.64. The van der Waals surface area contributed by atoms with Crippen molar-refractivity contribution in [1.29, 1.82) is 0 Å². The van der Waals surface area contributed by atoms with Crippen molar-refractivity contribution in [3.8, 4) is 11.5 Å². The topological polar surface area (TPSA) is 77.8 Å².